The summed E-state index contributed by atoms with van der Waals surface area (Å²) in [5.41, 5.74) is 0.964. The number of aliphatic carboxylic acids is 1. The molecule has 1 unspecified atom stereocenters. The first-order valence-electron chi connectivity index (χ1n) is 8.29. The zero-order chi connectivity index (χ0) is 17.7. The zero-order valence-electron chi connectivity index (χ0n) is 14.1. The van der Waals surface area contributed by atoms with E-state index in [4.69, 9.17) is 9.52 Å². The molecule has 1 aromatic rings. The Morgan fingerprint density at radius 1 is 1.42 bits per heavy atom. The van der Waals surface area contributed by atoms with Gasteiger partial charge in [-0.3, -0.25) is 14.4 Å². The average Bonchev–Trinajstić information content (AvgIpc) is 2.87. The monoisotopic (exact) mass is 336 g/mol. The van der Waals surface area contributed by atoms with E-state index in [-0.39, 0.29) is 30.0 Å². The maximum Gasteiger partial charge on any atom is 0.311 e. The summed E-state index contributed by atoms with van der Waals surface area (Å²) >= 11 is 0. The predicted octanol–water partition coefficient (Wildman–Crippen LogP) is 1.74. The van der Waals surface area contributed by atoms with E-state index in [0.29, 0.717) is 30.6 Å². The lowest BCUT2D eigenvalue weighted by Crippen LogP contribution is -2.49. The van der Waals surface area contributed by atoms with Crippen LogP contribution in [0, 0.1) is 6.92 Å². The Kier molecular flexibility index (Phi) is 6.00. The van der Waals surface area contributed by atoms with E-state index < -0.39 is 5.97 Å². The Balaban J connectivity index is 2.08. The van der Waals surface area contributed by atoms with Crippen LogP contribution in [0.25, 0.3) is 0 Å². The van der Waals surface area contributed by atoms with Gasteiger partial charge in [-0.25, -0.2) is 0 Å². The van der Waals surface area contributed by atoms with Gasteiger partial charge in [0.1, 0.15) is 12.2 Å². The van der Waals surface area contributed by atoms with Crippen molar-refractivity contribution in [2.45, 2.75) is 52.0 Å². The van der Waals surface area contributed by atoms with Gasteiger partial charge < -0.3 is 19.7 Å². The summed E-state index contributed by atoms with van der Waals surface area (Å²) in [6, 6.07) is -0.0584. The van der Waals surface area contributed by atoms with E-state index in [1.165, 1.54) is 6.26 Å². The van der Waals surface area contributed by atoms with E-state index in [1.54, 1.807) is 11.8 Å². The third kappa shape index (κ3) is 4.37. The smallest absolute Gasteiger partial charge is 0.311 e. The van der Waals surface area contributed by atoms with Crippen LogP contribution >= 0.6 is 0 Å². The summed E-state index contributed by atoms with van der Waals surface area (Å²) in [5.74, 6) is -1.08. The minimum atomic E-state index is -1.04. The molecule has 0 aliphatic carbocycles. The maximum absolute atomic E-state index is 12.8. The van der Waals surface area contributed by atoms with Gasteiger partial charge >= 0.3 is 5.97 Å². The maximum atomic E-state index is 12.8. The number of carbonyl (C=O) groups is 3. The van der Waals surface area contributed by atoms with E-state index in [2.05, 4.69) is 5.32 Å². The van der Waals surface area contributed by atoms with E-state index in [9.17, 15) is 14.4 Å². The third-order valence-electron chi connectivity index (χ3n) is 4.13. The highest BCUT2D eigenvalue weighted by Crippen LogP contribution is 2.22. The van der Waals surface area contributed by atoms with Gasteiger partial charge in [-0.1, -0.05) is 6.92 Å². The average molecular weight is 336 g/mol. The van der Waals surface area contributed by atoms with Crippen LogP contribution in [0.5, 0.6) is 0 Å². The van der Waals surface area contributed by atoms with E-state index in [1.807, 2.05) is 6.92 Å². The Bertz CT molecular complexity index is 622. The fourth-order valence-corrected chi connectivity index (χ4v) is 3.02. The molecule has 2 heterocycles. The number of carbonyl (C=O) groups excluding carboxylic acids is 2. The van der Waals surface area contributed by atoms with Gasteiger partial charge in [0.15, 0.2) is 0 Å². The second kappa shape index (κ2) is 7.99. The molecule has 7 heteroatoms. The number of amides is 2. The molecule has 0 spiro atoms. The summed E-state index contributed by atoms with van der Waals surface area (Å²) in [4.78, 5) is 37.2. The number of likely N-dealkylation sites (tertiary alicyclic amines) is 1. The van der Waals surface area contributed by atoms with Crippen LogP contribution in [0.4, 0.5) is 0 Å². The molecule has 0 saturated carbocycles. The van der Waals surface area contributed by atoms with Crippen LogP contribution in [0.15, 0.2) is 10.7 Å². The van der Waals surface area contributed by atoms with Crippen molar-refractivity contribution in [3.05, 3.63) is 23.2 Å². The first-order valence-corrected chi connectivity index (χ1v) is 8.29. The van der Waals surface area contributed by atoms with E-state index >= 15 is 0 Å². The number of hydrogen-bond acceptors (Lipinski definition) is 4. The molecule has 24 heavy (non-hydrogen) atoms. The number of nitrogens with zero attached hydrogens (tertiary/aromatic N) is 1. The van der Waals surface area contributed by atoms with Gasteiger partial charge in [0.2, 0.25) is 5.91 Å². The molecule has 0 radical (unpaired) electrons. The Morgan fingerprint density at radius 3 is 2.83 bits per heavy atom. The standard InChI is InChI=1S/C17H24N2O5/c1-3-5-14(20)18-12-6-4-7-19(9-12)17(23)16-11(2)10-24-13(16)8-15(21)22/h10,12H,3-9H2,1-2H3,(H,18,20)(H,21,22). The first-order chi connectivity index (χ1) is 11.4. The summed E-state index contributed by atoms with van der Waals surface area (Å²) in [5, 5.41) is 11.9. The van der Waals surface area contributed by atoms with Gasteiger partial charge in [-0.15, -0.1) is 0 Å². The van der Waals surface area contributed by atoms with Gasteiger partial charge in [-0.2, -0.15) is 0 Å². The largest absolute Gasteiger partial charge is 0.481 e. The SMILES string of the molecule is CCCC(=O)NC1CCCN(C(=O)c2c(C)coc2CC(=O)O)C1. The van der Waals surface area contributed by atoms with Crippen molar-refractivity contribution in [3.8, 4) is 0 Å². The lowest BCUT2D eigenvalue weighted by Gasteiger charge is -2.33. The Morgan fingerprint density at radius 2 is 2.17 bits per heavy atom. The minimum Gasteiger partial charge on any atom is -0.481 e. The number of carboxylic acids is 1. The van der Waals surface area contributed by atoms with Crippen LogP contribution in [0.1, 0.15) is 54.3 Å². The van der Waals surface area contributed by atoms with Crippen molar-refractivity contribution in [3.63, 3.8) is 0 Å². The first kappa shape index (κ1) is 18.0. The van der Waals surface area contributed by atoms with Crippen LogP contribution in [0.2, 0.25) is 0 Å². The minimum absolute atomic E-state index is 0.00265. The number of furan rings is 1. The number of hydrogen-bond donors (Lipinski definition) is 2. The van der Waals surface area contributed by atoms with Gasteiger partial charge in [0.05, 0.1) is 11.8 Å². The van der Waals surface area contributed by atoms with Gasteiger partial charge in [0, 0.05) is 31.1 Å². The number of piperidine rings is 1. The molecule has 2 N–H and O–H groups in total. The third-order valence-corrected chi connectivity index (χ3v) is 4.13. The van der Waals surface area contributed by atoms with Gasteiger partial charge in [-0.05, 0) is 26.2 Å². The van der Waals surface area contributed by atoms with Crippen molar-refractivity contribution in [1.29, 1.82) is 0 Å². The molecule has 1 aliphatic rings. The predicted molar refractivity (Wildman–Crippen MR) is 86.8 cm³/mol. The quantitative estimate of drug-likeness (QED) is 0.824. The fraction of sp³-hybridized carbons (Fsp3) is 0.588. The van der Waals surface area contributed by atoms with Crippen molar-refractivity contribution >= 4 is 17.8 Å². The summed E-state index contributed by atoms with van der Waals surface area (Å²) in [6.45, 7) is 4.70. The number of nitrogens with one attached hydrogen (secondary N) is 1. The van der Waals surface area contributed by atoms with Crippen molar-refractivity contribution in [2.24, 2.45) is 0 Å². The molecular formula is C17H24N2O5. The molecular weight excluding hydrogens is 312 g/mol. The summed E-state index contributed by atoms with van der Waals surface area (Å²) in [6.07, 6.45) is 4.00. The molecule has 1 aromatic heterocycles. The molecule has 2 rings (SSSR count). The highest BCUT2D eigenvalue weighted by molar-refractivity contribution is 5.97. The molecule has 2 amide bonds. The summed E-state index contributed by atoms with van der Waals surface area (Å²) in [7, 11) is 0. The highest BCUT2D eigenvalue weighted by Gasteiger charge is 2.29. The van der Waals surface area contributed by atoms with Crippen LogP contribution in [-0.2, 0) is 16.0 Å². The molecule has 1 aliphatic heterocycles. The van der Waals surface area contributed by atoms with Crippen molar-refractivity contribution in [1.82, 2.24) is 10.2 Å². The molecule has 0 bridgehead atoms. The number of aryl methyl sites for hydroxylation is 1. The van der Waals surface area contributed by atoms with Crippen molar-refractivity contribution in [2.75, 3.05) is 13.1 Å². The fourth-order valence-electron chi connectivity index (χ4n) is 3.02. The zero-order valence-corrected chi connectivity index (χ0v) is 14.1. The molecule has 1 fully saturated rings. The molecule has 0 aromatic carbocycles. The van der Waals surface area contributed by atoms with Crippen LogP contribution in [0.3, 0.4) is 0 Å². The normalized spacial score (nSPS) is 17.6. The molecule has 1 atom stereocenters. The lowest BCUT2D eigenvalue weighted by molar-refractivity contribution is -0.136. The number of carboxylic acid groups (broad SMARTS) is 1. The Hall–Kier alpha value is -2.31. The highest BCUT2D eigenvalue weighted by atomic mass is 16.4. The number of rotatable bonds is 6. The molecule has 7 nitrogen and oxygen atoms in total. The lowest BCUT2D eigenvalue weighted by atomic mass is 10.0. The molecule has 132 valence electrons. The van der Waals surface area contributed by atoms with Gasteiger partial charge in [0.25, 0.3) is 5.91 Å². The van der Waals surface area contributed by atoms with Crippen LogP contribution in [-0.4, -0.2) is 46.9 Å². The molecule has 1 saturated heterocycles. The van der Waals surface area contributed by atoms with E-state index in [0.717, 1.165) is 19.3 Å². The topological polar surface area (TPSA) is 99.9 Å². The summed E-state index contributed by atoms with van der Waals surface area (Å²) < 4.78 is 5.24. The Labute approximate surface area is 141 Å². The second-order valence-corrected chi connectivity index (χ2v) is 6.20. The second-order valence-electron chi connectivity index (χ2n) is 6.20. The van der Waals surface area contributed by atoms with Crippen molar-refractivity contribution < 1.29 is 23.9 Å². The van der Waals surface area contributed by atoms with Crippen LogP contribution < -0.4 is 5.32 Å².